The van der Waals surface area contributed by atoms with Gasteiger partial charge in [-0.25, -0.2) is 0 Å². The normalized spacial score (nSPS) is 15.0. The quantitative estimate of drug-likeness (QED) is 0.866. The Bertz CT molecular complexity index is 659. The molecule has 2 aromatic rings. The fourth-order valence-electron chi connectivity index (χ4n) is 2.95. The monoisotopic (exact) mass is 313 g/mol. The van der Waals surface area contributed by atoms with Gasteiger partial charge in [-0.3, -0.25) is 14.5 Å². The van der Waals surface area contributed by atoms with Gasteiger partial charge in [0.25, 0.3) is 5.91 Å². The summed E-state index contributed by atoms with van der Waals surface area (Å²) >= 11 is 0. The topological polar surface area (TPSA) is 54.3 Å². The molecule has 3 heterocycles. The van der Waals surface area contributed by atoms with E-state index in [2.05, 4.69) is 28.0 Å². The minimum Gasteiger partial charge on any atom is -0.367 e. The molecule has 1 saturated heterocycles. The number of anilines is 1. The van der Waals surface area contributed by atoms with E-state index in [9.17, 15) is 4.79 Å². The second kappa shape index (κ2) is 6.81. The van der Waals surface area contributed by atoms with Crippen LogP contribution in [0.25, 0.3) is 0 Å². The Kier molecular flexibility index (Phi) is 4.60. The molecular formula is C17H23N5O. The van der Waals surface area contributed by atoms with Crippen molar-refractivity contribution in [2.75, 3.05) is 31.1 Å². The van der Waals surface area contributed by atoms with Crippen molar-refractivity contribution in [3.05, 3.63) is 42.0 Å². The minimum absolute atomic E-state index is 0.0932. The zero-order chi connectivity index (χ0) is 16.2. The summed E-state index contributed by atoms with van der Waals surface area (Å²) in [6, 6.07) is 4.00. The molecule has 122 valence electrons. The van der Waals surface area contributed by atoms with Crippen molar-refractivity contribution in [1.82, 2.24) is 19.7 Å². The van der Waals surface area contributed by atoms with Gasteiger partial charge in [0.1, 0.15) is 0 Å². The molecule has 23 heavy (non-hydrogen) atoms. The molecule has 1 aliphatic rings. The molecule has 0 radical (unpaired) electrons. The summed E-state index contributed by atoms with van der Waals surface area (Å²) < 4.78 is 1.87. The number of carbonyl (C=O) groups is 1. The highest BCUT2D eigenvalue weighted by Gasteiger charge is 2.24. The van der Waals surface area contributed by atoms with E-state index in [0.717, 1.165) is 56.1 Å². The molecule has 3 rings (SSSR count). The Morgan fingerprint density at radius 2 is 2.04 bits per heavy atom. The average molecular weight is 313 g/mol. The lowest BCUT2D eigenvalue weighted by atomic mass is 10.2. The number of amides is 1. The molecule has 6 nitrogen and oxygen atoms in total. The van der Waals surface area contributed by atoms with Gasteiger partial charge in [0.15, 0.2) is 0 Å². The van der Waals surface area contributed by atoms with E-state index in [1.165, 1.54) is 0 Å². The Hall–Kier alpha value is -2.37. The Balaban J connectivity index is 1.64. The molecule has 2 aromatic heterocycles. The van der Waals surface area contributed by atoms with Crippen LogP contribution in [0.15, 0.2) is 30.7 Å². The van der Waals surface area contributed by atoms with E-state index in [1.54, 1.807) is 6.20 Å². The number of hydrogen-bond donors (Lipinski definition) is 0. The highest BCUT2D eigenvalue weighted by molar-refractivity contribution is 5.95. The first-order chi connectivity index (χ1) is 11.2. The predicted octanol–water partition coefficient (Wildman–Crippen LogP) is 1.96. The third-order valence-corrected chi connectivity index (χ3v) is 4.21. The number of rotatable bonds is 4. The van der Waals surface area contributed by atoms with Gasteiger partial charge in [-0.05, 0) is 25.5 Å². The summed E-state index contributed by atoms with van der Waals surface area (Å²) in [6.45, 7) is 7.99. The van der Waals surface area contributed by atoms with Crippen LogP contribution in [0.3, 0.4) is 0 Å². The molecule has 0 aromatic carbocycles. The zero-order valence-electron chi connectivity index (χ0n) is 13.8. The van der Waals surface area contributed by atoms with Gasteiger partial charge >= 0.3 is 0 Å². The summed E-state index contributed by atoms with van der Waals surface area (Å²) in [5.74, 6) is 0.0932. The Labute approximate surface area is 136 Å². The Morgan fingerprint density at radius 1 is 1.26 bits per heavy atom. The smallest absolute Gasteiger partial charge is 0.257 e. The SMILES string of the molecule is CCCn1cc(C(=O)N2CCN(c3cccnc3)CC2)c(C)n1. The van der Waals surface area contributed by atoms with Crippen LogP contribution in [0.5, 0.6) is 0 Å². The molecule has 1 fully saturated rings. The van der Waals surface area contributed by atoms with Crippen molar-refractivity contribution in [2.45, 2.75) is 26.8 Å². The number of piperazine rings is 1. The number of carbonyl (C=O) groups excluding carboxylic acids is 1. The number of hydrogen-bond acceptors (Lipinski definition) is 4. The fourth-order valence-corrected chi connectivity index (χ4v) is 2.95. The Morgan fingerprint density at radius 3 is 2.70 bits per heavy atom. The van der Waals surface area contributed by atoms with Crippen molar-refractivity contribution in [3.8, 4) is 0 Å². The van der Waals surface area contributed by atoms with Gasteiger partial charge in [0.2, 0.25) is 0 Å². The van der Waals surface area contributed by atoms with Crippen molar-refractivity contribution in [1.29, 1.82) is 0 Å². The summed E-state index contributed by atoms with van der Waals surface area (Å²) in [5, 5.41) is 4.43. The van der Waals surface area contributed by atoms with Gasteiger partial charge in [-0.1, -0.05) is 6.92 Å². The zero-order valence-corrected chi connectivity index (χ0v) is 13.8. The van der Waals surface area contributed by atoms with Gasteiger partial charge in [0, 0.05) is 45.1 Å². The van der Waals surface area contributed by atoms with Gasteiger partial charge in [-0.2, -0.15) is 5.10 Å². The van der Waals surface area contributed by atoms with Crippen molar-refractivity contribution >= 4 is 11.6 Å². The van der Waals surface area contributed by atoms with E-state index in [4.69, 9.17) is 0 Å². The van der Waals surface area contributed by atoms with Gasteiger partial charge in [0.05, 0.1) is 23.1 Å². The van der Waals surface area contributed by atoms with Crippen molar-refractivity contribution < 1.29 is 4.79 Å². The molecule has 1 aliphatic heterocycles. The van der Waals surface area contributed by atoms with E-state index >= 15 is 0 Å². The second-order valence-corrected chi connectivity index (χ2v) is 5.88. The first-order valence-corrected chi connectivity index (χ1v) is 8.17. The number of pyridine rings is 1. The molecule has 6 heteroatoms. The minimum atomic E-state index is 0.0932. The van der Waals surface area contributed by atoms with Crippen LogP contribution in [-0.2, 0) is 6.54 Å². The van der Waals surface area contributed by atoms with Crippen LogP contribution >= 0.6 is 0 Å². The van der Waals surface area contributed by atoms with E-state index in [0.29, 0.717) is 0 Å². The molecular weight excluding hydrogens is 290 g/mol. The van der Waals surface area contributed by atoms with Crippen molar-refractivity contribution in [3.63, 3.8) is 0 Å². The van der Waals surface area contributed by atoms with Crippen LogP contribution in [0.1, 0.15) is 29.4 Å². The van der Waals surface area contributed by atoms with Crippen LogP contribution in [0, 0.1) is 6.92 Å². The van der Waals surface area contributed by atoms with Gasteiger partial charge < -0.3 is 9.80 Å². The maximum Gasteiger partial charge on any atom is 0.257 e. The highest BCUT2D eigenvalue weighted by atomic mass is 16.2. The molecule has 0 unspecified atom stereocenters. The standard InChI is InChI=1S/C17H23N5O/c1-3-7-22-13-16(14(2)19-22)17(23)21-10-8-20(9-11-21)15-5-4-6-18-12-15/h4-6,12-13H,3,7-11H2,1-2H3. The van der Waals surface area contributed by atoms with Crippen LogP contribution in [-0.4, -0.2) is 51.8 Å². The van der Waals surface area contributed by atoms with E-state index in [-0.39, 0.29) is 5.91 Å². The summed E-state index contributed by atoms with van der Waals surface area (Å²) in [4.78, 5) is 21.1. The maximum absolute atomic E-state index is 12.7. The second-order valence-electron chi connectivity index (χ2n) is 5.88. The molecule has 0 spiro atoms. The number of nitrogens with zero attached hydrogens (tertiary/aromatic N) is 5. The first-order valence-electron chi connectivity index (χ1n) is 8.17. The molecule has 0 bridgehead atoms. The lowest BCUT2D eigenvalue weighted by Crippen LogP contribution is -2.48. The maximum atomic E-state index is 12.7. The van der Waals surface area contributed by atoms with Crippen LogP contribution < -0.4 is 4.90 Å². The summed E-state index contributed by atoms with van der Waals surface area (Å²) in [7, 11) is 0. The van der Waals surface area contributed by atoms with Gasteiger partial charge in [-0.15, -0.1) is 0 Å². The summed E-state index contributed by atoms with van der Waals surface area (Å²) in [5.41, 5.74) is 2.66. The molecule has 0 saturated carbocycles. The predicted molar refractivity (Wildman–Crippen MR) is 89.6 cm³/mol. The van der Waals surface area contributed by atoms with Crippen LogP contribution in [0.2, 0.25) is 0 Å². The largest absolute Gasteiger partial charge is 0.367 e. The fraction of sp³-hybridized carbons (Fsp3) is 0.471. The lowest BCUT2D eigenvalue weighted by Gasteiger charge is -2.35. The lowest BCUT2D eigenvalue weighted by molar-refractivity contribution is 0.0746. The molecule has 0 aliphatic carbocycles. The average Bonchev–Trinajstić information content (AvgIpc) is 2.96. The highest BCUT2D eigenvalue weighted by Crippen LogP contribution is 2.17. The molecule has 0 N–H and O–H groups in total. The number of aromatic nitrogens is 3. The molecule has 0 atom stereocenters. The molecule has 1 amide bonds. The van der Waals surface area contributed by atoms with Crippen molar-refractivity contribution in [2.24, 2.45) is 0 Å². The van der Waals surface area contributed by atoms with Crippen LogP contribution in [0.4, 0.5) is 5.69 Å². The number of aryl methyl sites for hydroxylation is 2. The third kappa shape index (κ3) is 3.36. The first kappa shape index (κ1) is 15.5. The third-order valence-electron chi connectivity index (χ3n) is 4.21. The summed E-state index contributed by atoms with van der Waals surface area (Å²) in [6.07, 6.45) is 6.55. The van der Waals surface area contributed by atoms with E-state index in [1.807, 2.05) is 35.0 Å². The van der Waals surface area contributed by atoms with E-state index < -0.39 is 0 Å².